The van der Waals surface area contributed by atoms with Gasteiger partial charge in [-0.2, -0.15) is 13.2 Å². The molecule has 1 aliphatic rings. The number of anilines is 3. The van der Waals surface area contributed by atoms with Gasteiger partial charge in [0.2, 0.25) is 0 Å². The molecule has 0 atom stereocenters. The number of aromatic nitrogens is 3. The molecule has 0 unspecified atom stereocenters. The Morgan fingerprint density at radius 2 is 1.77 bits per heavy atom. The third kappa shape index (κ3) is 5.78. The fourth-order valence-electron chi connectivity index (χ4n) is 5.96. The molecule has 44 heavy (non-hydrogen) atoms. The summed E-state index contributed by atoms with van der Waals surface area (Å²) < 4.78 is 41.5. The number of piperidine rings is 1. The molecular formula is C32H33F3N8O. The number of carbonyl (C=O) groups excluding carboxylic acids is 1. The van der Waals surface area contributed by atoms with Crippen LogP contribution in [-0.4, -0.2) is 51.5 Å². The van der Waals surface area contributed by atoms with Gasteiger partial charge in [0.05, 0.1) is 23.1 Å². The summed E-state index contributed by atoms with van der Waals surface area (Å²) in [4.78, 5) is 24.8. The number of halogens is 3. The highest BCUT2D eigenvalue weighted by Gasteiger charge is 2.30. The van der Waals surface area contributed by atoms with Gasteiger partial charge in [-0.1, -0.05) is 36.4 Å². The Hall–Kier alpha value is -4.68. The molecule has 2 aromatic heterocycles. The third-order valence-corrected chi connectivity index (χ3v) is 8.18. The first-order valence-electron chi connectivity index (χ1n) is 14.4. The number of imidazole rings is 1. The minimum atomic E-state index is -4.51. The highest BCUT2D eigenvalue weighted by atomic mass is 19.4. The number of hydrogen-bond acceptors (Lipinski definition) is 6. The van der Waals surface area contributed by atoms with E-state index in [1.165, 1.54) is 12.1 Å². The van der Waals surface area contributed by atoms with Gasteiger partial charge in [0.1, 0.15) is 22.9 Å². The first kappa shape index (κ1) is 29.4. The van der Waals surface area contributed by atoms with E-state index in [2.05, 4.69) is 30.2 Å². The number of fused-ring (bicyclic) bond motifs is 2. The maximum atomic E-state index is 13.1. The van der Waals surface area contributed by atoms with Gasteiger partial charge in [0.15, 0.2) is 0 Å². The highest BCUT2D eigenvalue weighted by molar-refractivity contribution is 6.10. The Bertz CT molecular complexity index is 1840. The van der Waals surface area contributed by atoms with E-state index in [1.54, 1.807) is 6.07 Å². The van der Waals surface area contributed by atoms with Gasteiger partial charge in [0, 0.05) is 42.3 Å². The molecule has 1 aliphatic heterocycles. The molecule has 0 saturated carbocycles. The van der Waals surface area contributed by atoms with Crippen molar-refractivity contribution in [2.75, 3.05) is 36.5 Å². The molecule has 5 N–H and O–H groups in total. The molecule has 0 aliphatic carbocycles. The summed E-state index contributed by atoms with van der Waals surface area (Å²) in [6.07, 6.45) is -0.529. The van der Waals surface area contributed by atoms with Crippen molar-refractivity contribution < 1.29 is 18.0 Å². The van der Waals surface area contributed by atoms with Crippen LogP contribution in [0.1, 0.15) is 29.9 Å². The Kier molecular flexibility index (Phi) is 7.87. The van der Waals surface area contributed by atoms with Crippen LogP contribution in [0.3, 0.4) is 0 Å². The van der Waals surface area contributed by atoms with Crippen LogP contribution < -0.4 is 21.7 Å². The van der Waals surface area contributed by atoms with Gasteiger partial charge in [0.25, 0.3) is 0 Å². The molecule has 0 bridgehead atoms. The van der Waals surface area contributed by atoms with Crippen molar-refractivity contribution in [1.82, 2.24) is 24.6 Å². The minimum Gasteiger partial charge on any atom is -0.382 e. The predicted octanol–water partition coefficient (Wildman–Crippen LogP) is 6.29. The number of amides is 2. The van der Waals surface area contributed by atoms with Crippen molar-refractivity contribution in [2.24, 2.45) is 0 Å². The van der Waals surface area contributed by atoms with Gasteiger partial charge in [-0.15, -0.1) is 0 Å². The predicted molar refractivity (Wildman–Crippen MR) is 167 cm³/mol. The quantitative estimate of drug-likeness (QED) is 0.182. The normalized spacial score (nSPS) is 14.8. The zero-order chi connectivity index (χ0) is 31.0. The van der Waals surface area contributed by atoms with E-state index in [9.17, 15) is 18.0 Å². The second-order valence-corrected chi connectivity index (χ2v) is 11.0. The van der Waals surface area contributed by atoms with Gasteiger partial charge in [-0.25, -0.2) is 14.8 Å². The fourth-order valence-corrected chi connectivity index (χ4v) is 5.96. The SMILES string of the molecule is CNC1CCN(Cc2cnc(N)c3c(-c4ccc(NC(=O)Nc5cccc(C(F)(F)F)c5)c5ccccc45)nc(C)n23)CC1. The summed E-state index contributed by atoms with van der Waals surface area (Å²) in [6.45, 7) is 4.64. The molecule has 3 heterocycles. The minimum absolute atomic E-state index is 0.0309. The summed E-state index contributed by atoms with van der Waals surface area (Å²) in [7, 11) is 2.01. The van der Waals surface area contributed by atoms with Crippen LogP contribution in [0.2, 0.25) is 0 Å². The van der Waals surface area contributed by atoms with Crippen molar-refractivity contribution in [3.63, 3.8) is 0 Å². The number of rotatable bonds is 6. The number of benzene rings is 3. The van der Waals surface area contributed by atoms with Gasteiger partial charge >= 0.3 is 12.2 Å². The molecule has 6 rings (SSSR count). The van der Waals surface area contributed by atoms with Crippen molar-refractivity contribution in [1.29, 1.82) is 0 Å². The number of nitrogens with one attached hydrogen (secondary N) is 3. The van der Waals surface area contributed by atoms with E-state index in [0.29, 0.717) is 23.2 Å². The van der Waals surface area contributed by atoms with Crippen LogP contribution >= 0.6 is 0 Å². The smallest absolute Gasteiger partial charge is 0.382 e. The number of hydrogen-bond donors (Lipinski definition) is 4. The Balaban J connectivity index is 1.32. The number of aryl methyl sites for hydroxylation is 1. The monoisotopic (exact) mass is 602 g/mol. The van der Waals surface area contributed by atoms with E-state index >= 15 is 0 Å². The van der Waals surface area contributed by atoms with Crippen LogP contribution in [0.25, 0.3) is 27.5 Å². The second-order valence-electron chi connectivity index (χ2n) is 11.0. The molecule has 0 radical (unpaired) electrons. The first-order chi connectivity index (χ1) is 21.1. The van der Waals surface area contributed by atoms with Crippen molar-refractivity contribution in [2.45, 2.75) is 38.5 Å². The zero-order valence-corrected chi connectivity index (χ0v) is 24.4. The number of alkyl halides is 3. The van der Waals surface area contributed by atoms with Crippen LogP contribution in [0, 0.1) is 6.92 Å². The lowest BCUT2D eigenvalue weighted by Crippen LogP contribution is -2.41. The number of nitrogens with zero attached hydrogens (tertiary/aromatic N) is 4. The summed E-state index contributed by atoms with van der Waals surface area (Å²) in [5.41, 5.74) is 9.36. The average molecular weight is 603 g/mol. The van der Waals surface area contributed by atoms with Gasteiger partial charge < -0.3 is 21.7 Å². The van der Waals surface area contributed by atoms with Crippen molar-refractivity contribution in [3.8, 4) is 11.3 Å². The van der Waals surface area contributed by atoms with Crippen molar-refractivity contribution in [3.05, 3.63) is 83.9 Å². The molecule has 1 saturated heterocycles. The lowest BCUT2D eigenvalue weighted by atomic mass is 10.00. The molecule has 5 aromatic rings. The molecule has 1 fully saturated rings. The largest absolute Gasteiger partial charge is 0.416 e. The van der Waals surface area contributed by atoms with Crippen molar-refractivity contribution >= 4 is 39.5 Å². The van der Waals surface area contributed by atoms with E-state index in [4.69, 9.17) is 10.7 Å². The first-order valence-corrected chi connectivity index (χ1v) is 14.4. The summed E-state index contributed by atoms with van der Waals surface area (Å²) in [6, 6.07) is 15.5. The Morgan fingerprint density at radius 1 is 1.02 bits per heavy atom. The second kappa shape index (κ2) is 11.8. The molecule has 228 valence electrons. The van der Waals surface area contributed by atoms with E-state index in [1.807, 2.05) is 50.5 Å². The van der Waals surface area contributed by atoms with Crippen LogP contribution in [-0.2, 0) is 12.7 Å². The van der Waals surface area contributed by atoms with Gasteiger partial charge in [-0.05, 0) is 56.5 Å². The zero-order valence-electron chi connectivity index (χ0n) is 24.4. The fraction of sp³-hybridized carbons (Fsp3) is 0.281. The van der Waals surface area contributed by atoms with E-state index in [0.717, 1.165) is 78.0 Å². The molecule has 3 aromatic carbocycles. The average Bonchev–Trinajstić information content (AvgIpc) is 3.36. The summed E-state index contributed by atoms with van der Waals surface area (Å²) in [5, 5.41) is 10.2. The van der Waals surface area contributed by atoms with Crippen LogP contribution in [0.4, 0.5) is 35.2 Å². The van der Waals surface area contributed by atoms with Crippen LogP contribution in [0.15, 0.2) is 66.9 Å². The lowest BCUT2D eigenvalue weighted by molar-refractivity contribution is -0.137. The third-order valence-electron chi connectivity index (χ3n) is 8.18. The van der Waals surface area contributed by atoms with E-state index in [-0.39, 0.29) is 5.69 Å². The Morgan fingerprint density at radius 3 is 2.50 bits per heavy atom. The standard InChI is InChI=1S/C32H33F3N8O/c1-19-39-28(29-30(36)38-17-23(43(19)29)18-42-14-12-21(37-2)13-15-42)26-10-11-27(25-9-4-3-8-24(25)26)41-31(44)40-22-7-5-6-20(16-22)32(33,34)35/h3-11,16-17,21,37H,12-15,18H2,1-2H3,(H2,36,38)(H2,40,41,44). The maximum Gasteiger partial charge on any atom is 0.416 e. The molecule has 12 heteroatoms. The summed E-state index contributed by atoms with van der Waals surface area (Å²) in [5.74, 6) is 1.15. The maximum absolute atomic E-state index is 13.1. The van der Waals surface area contributed by atoms with Gasteiger partial charge in [-0.3, -0.25) is 9.30 Å². The van der Waals surface area contributed by atoms with Crippen LogP contribution in [0.5, 0.6) is 0 Å². The number of carbonyl (C=O) groups is 1. The summed E-state index contributed by atoms with van der Waals surface area (Å²) >= 11 is 0. The molecule has 0 spiro atoms. The molecule has 2 amide bonds. The number of nitrogen functional groups attached to an aromatic ring is 1. The molecular weight excluding hydrogens is 569 g/mol. The lowest BCUT2D eigenvalue weighted by Gasteiger charge is -2.31. The Labute approximate surface area is 252 Å². The van der Waals surface area contributed by atoms with E-state index < -0.39 is 17.8 Å². The number of nitrogens with two attached hydrogens (primary N) is 1. The molecule has 9 nitrogen and oxygen atoms in total. The number of urea groups is 1. The number of likely N-dealkylation sites (tertiary alicyclic amines) is 1. The highest BCUT2D eigenvalue weighted by Crippen LogP contribution is 2.37. The topological polar surface area (TPSA) is 113 Å².